The van der Waals surface area contributed by atoms with E-state index in [0.29, 0.717) is 22.7 Å². The molecular formula is C28H38ClN3O4S. The van der Waals surface area contributed by atoms with Crippen LogP contribution in [0.4, 0.5) is 5.69 Å². The Balaban J connectivity index is 1.95. The Morgan fingerprint density at radius 3 is 2.35 bits per heavy atom. The molecule has 7 nitrogen and oxygen atoms in total. The molecule has 1 fully saturated rings. The molecule has 0 aromatic heterocycles. The van der Waals surface area contributed by atoms with Crippen LogP contribution in [0.3, 0.4) is 0 Å². The highest BCUT2D eigenvalue weighted by Gasteiger charge is 2.33. The van der Waals surface area contributed by atoms with E-state index in [2.05, 4.69) is 5.32 Å². The third-order valence-electron chi connectivity index (χ3n) is 7.13. The second-order valence-corrected chi connectivity index (χ2v) is 12.2. The average Bonchev–Trinajstić information content (AvgIpc) is 2.85. The summed E-state index contributed by atoms with van der Waals surface area (Å²) < 4.78 is 26.7. The van der Waals surface area contributed by atoms with Gasteiger partial charge in [0.25, 0.3) is 0 Å². The van der Waals surface area contributed by atoms with Gasteiger partial charge in [-0.15, -0.1) is 0 Å². The summed E-state index contributed by atoms with van der Waals surface area (Å²) in [6.07, 6.45) is 6.68. The van der Waals surface area contributed by atoms with Crippen molar-refractivity contribution in [2.75, 3.05) is 17.1 Å². The summed E-state index contributed by atoms with van der Waals surface area (Å²) in [6, 6.07) is 12.0. The van der Waals surface area contributed by atoms with Crippen molar-refractivity contribution in [2.24, 2.45) is 0 Å². The van der Waals surface area contributed by atoms with Crippen LogP contribution in [-0.2, 0) is 26.2 Å². The Kier molecular flexibility index (Phi) is 10.0. The van der Waals surface area contributed by atoms with Gasteiger partial charge >= 0.3 is 0 Å². The topological polar surface area (TPSA) is 86.8 Å². The predicted molar refractivity (Wildman–Crippen MR) is 149 cm³/mol. The number of benzene rings is 2. The van der Waals surface area contributed by atoms with Gasteiger partial charge in [0.15, 0.2) is 0 Å². The van der Waals surface area contributed by atoms with E-state index < -0.39 is 28.5 Å². The summed E-state index contributed by atoms with van der Waals surface area (Å²) in [6.45, 7) is 5.32. The van der Waals surface area contributed by atoms with Crippen LogP contribution in [0.15, 0.2) is 42.5 Å². The van der Waals surface area contributed by atoms with Gasteiger partial charge < -0.3 is 10.2 Å². The molecule has 1 N–H and O–H groups in total. The molecule has 1 aliphatic carbocycles. The van der Waals surface area contributed by atoms with E-state index in [1.807, 2.05) is 38.1 Å². The van der Waals surface area contributed by atoms with Crippen molar-refractivity contribution >= 4 is 39.1 Å². The number of carbonyl (C=O) groups excluding carboxylic acids is 2. The first kappa shape index (κ1) is 29.0. The van der Waals surface area contributed by atoms with Crippen LogP contribution in [0, 0.1) is 13.8 Å². The van der Waals surface area contributed by atoms with E-state index in [1.165, 1.54) is 11.3 Å². The summed E-state index contributed by atoms with van der Waals surface area (Å²) in [5.41, 5.74) is 2.81. The van der Waals surface area contributed by atoms with Gasteiger partial charge in [0, 0.05) is 17.6 Å². The van der Waals surface area contributed by atoms with Gasteiger partial charge in [-0.1, -0.05) is 68.1 Å². The number of nitrogens with zero attached hydrogens (tertiary/aromatic N) is 2. The maximum absolute atomic E-state index is 13.9. The minimum absolute atomic E-state index is 0.104. The van der Waals surface area contributed by atoms with Crippen LogP contribution in [-0.4, -0.2) is 50.0 Å². The number of sulfonamides is 1. The third-order valence-corrected chi connectivity index (χ3v) is 8.66. The lowest BCUT2D eigenvalue weighted by molar-refractivity contribution is -0.140. The molecule has 0 heterocycles. The van der Waals surface area contributed by atoms with Crippen LogP contribution in [0.25, 0.3) is 0 Å². The van der Waals surface area contributed by atoms with Crippen LogP contribution < -0.4 is 9.62 Å². The Morgan fingerprint density at radius 2 is 1.73 bits per heavy atom. The van der Waals surface area contributed by atoms with E-state index in [4.69, 9.17) is 11.6 Å². The molecule has 2 amide bonds. The van der Waals surface area contributed by atoms with E-state index in [0.717, 1.165) is 47.4 Å². The average molecular weight is 548 g/mol. The molecule has 9 heteroatoms. The Labute approximate surface area is 226 Å². The second-order valence-electron chi connectivity index (χ2n) is 9.87. The fourth-order valence-corrected chi connectivity index (χ4v) is 5.97. The third kappa shape index (κ3) is 7.48. The van der Waals surface area contributed by atoms with Crippen molar-refractivity contribution in [3.05, 3.63) is 64.2 Å². The van der Waals surface area contributed by atoms with Crippen molar-refractivity contribution in [2.45, 2.75) is 77.9 Å². The van der Waals surface area contributed by atoms with Gasteiger partial charge in [0.2, 0.25) is 21.8 Å². The smallest absolute Gasteiger partial charge is 0.244 e. The van der Waals surface area contributed by atoms with Crippen LogP contribution in [0.5, 0.6) is 0 Å². The molecule has 3 rings (SSSR count). The van der Waals surface area contributed by atoms with Crippen LogP contribution in [0.1, 0.15) is 62.1 Å². The fraction of sp³-hybridized carbons (Fsp3) is 0.500. The SMILES string of the molecule is CC[C@H](C(=O)NC1CCCCC1)N(Cc1ccccc1C)C(=O)CN(c1cccc(Cl)c1C)S(C)(=O)=O. The number of rotatable bonds is 10. The molecule has 0 radical (unpaired) electrons. The lowest BCUT2D eigenvalue weighted by Crippen LogP contribution is -2.54. The number of halogens is 1. The summed E-state index contributed by atoms with van der Waals surface area (Å²) in [7, 11) is -3.82. The first-order chi connectivity index (χ1) is 17.5. The second kappa shape index (κ2) is 12.8. The van der Waals surface area contributed by atoms with Gasteiger partial charge in [-0.05, 0) is 61.9 Å². The maximum Gasteiger partial charge on any atom is 0.244 e. The summed E-state index contributed by atoms with van der Waals surface area (Å²) in [5.74, 6) is -0.639. The lowest BCUT2D eigenvalue weighted by Gasteiger charge is -2.34. The molecule has 1 saturated carbocycles. The number of amides is 2. The predicted octanol–water partition coefficient (Wildman–Crippen LogP) is 4.98. The number of aryl methyl sites for hydroxylation is 1. The van der Waals surface area contributed by atoms with Gasteiger partial charge in [0.05, 0.1) is 11.9 Å². The summed E-state index contributed by atoms with van der Waals surface area (Å²) in [5, 5.41) is 3.57. The zero-order valence-corrected chi connectivity index (χ0v) is 23.7. The number of hydrogen-bond acceptors (Lipinski definition) is 4. The van der Waals surface area contributed by atoms with Crippen molar-refractivity contribution in [3.63, 3.8) is 0 Å². The van der Waals surface area contributed by atoms with Gasteiger partial charge in [0.1, 0.15) is 12.6 Å². The molecule has 1 aliphatic rings. The first-order valence-electron chi connectivity index (χ1n) is 12.9. The summed E-state index contributed by atoms with van der Waals surface area (Å²) in [4.78, 5) is 28.9. The van der Waals surface area contributed by atoms with E-state index in [-0.39, 0.29) is 18.5 Å². The minimum Gasteiger partial charge on any atom is -0.352 e. The molecule has 1 atom stereocenters. The van der Waals surface area contributed by atoms with Gasteiger partial charge in [-0.25, -0.2) is 8.42 Å². The molecule has 0 spiro atoms. The van der Waals surface area contributed by atoms with Crippen molar-refractivity contribution in [1.29, 1.82) is 0 Å². The number of hydrogen-bond donors (Lipinski definition) is 1. The van der Waals surface area contributed by atoms with Gasteiger partial charge in [-0.2, -0.15) is 0 Å². The number of nitrogens with one attached hydrogen (secondary N) is 1. The van der Waals surface area contributed by atoms with Crippen molar-refractivity contribution in [1.82, 2.24) is 10.2 Å². The highest BCUT2D eigenvalue weighted by Crippen LogP contribution is 2.29. The molecule has 37 heavy (non-hydrogen) atoms. The monoisotopic (exact) mass is 547 g/mol. The Bertz CT molecular complexity index is 1210. The molecular weight excluding hydrogens is 510 g/mol. The largest absolute Gasteiger partial charge is 0.352 e. The van der Waals surface area contributed by atoms with E-state index in [9.17, 15) is 18.0 Å². The number of carbonyl (C=O) groups is 2. The zero-order valence-electron chi connectivity index (χ0n) is 22.2. The highest BCUT2D eigenvalue weighted by atomic mass is 35.5. The van der Waals surface area contributed by atoms with Crippen LogP contribution >= 0.6 is 11.6 Å². The molecule has 202 valence electrons. The Hall–Kier alpha value is -2.58. The van der Waals surface area contributed by atoms with Crippen LogP contribution in [0.2, 0.25) is 5.02 Å². The number of anilines is 1. The normalized spacial score (nSPS) is 15.2. The minimum atomic E-state index is -3.82. The summed E-state index contributed by atoms with van der Waals surface area (Å²) >= 11 is 6.27. The molecule has 0 saturated heterocycles. The maximum atomic E-state index is 13.9. The molecule has 0 unspecified atom stereocenters. The quantitative estimate of drug-likeness (QED) is 0.454. The van der Waals surface area contributed by atoms with E-state index >= 15 is 0 Å². The highest BCUT2D eigenvalue weighted by molar-refractivity contribution is 7.92. The molecule has 0 bridgehead atoms. The van der Waals surface area contributed by atoms with E-state index in [1.54, 1.807) is 25.1 Å². The molecule has 0 aliphatic heterocycles. The zero-order chi connectivity index (χ0) is 27.2. The lowest BCUT2D eigenvalue weighted by atomic mass is 9.95. The van der Waals surface area contributed by atoms with Crippen molar-refractivity contribution < 1.29 is 18.0 Å². The van der Waals surface area contributed by atoms with Gasteiger partial charge in [-0.3, -0.25) is 13.9 Å². The molecule has 2 aromatic rings. The Morgan fingerprint density at radius 1 is 1.05 bits per heavy atom. The fourth-order valence-electron chi connectivity index (χ4n) is 4.90. The molecule has 2 aromatic carbocycles. The van der Waals surface area contributed by atoms with Crippen molar-refractivity contribution in [3.8, 4) is 0 Å². The first-order valence-corrected chi connectivity index (χ1v) is 15.1. The standard InChI is InChI=1S/C28H38ClN3O4S/c1-5-25(28(34)30-23-14-7-6-8-15-23)31(18-22-13-10-9-12-20(22)2)27(33)19-32(37(4,35)36)26-17-11-16-24(29)21(26)3/h9-13,16-17,23,25H,5-8,14-15,18-19H2,1-4H3,(H,30,34)/t25-/m1/s1.